The van der Waals surface area contributed by atoms with Gasteiger partial charge in [-0.05, 0) is 10.4 Å². The van der Waals surface area contributed by atoms with Gasteiger partial charge in [-0.25, -0.2) is 4.98 Å². The Morgan fingerprint density at radius 1 is 0.933 bits per heavy atom. The van der Waals surface area contributed by atoms with Gasteiger partial charge in [0.1, 0.15) is 11.4 Å². The number of rotatable bonds is 2. The Bertz CT molecular complexity index is 483. The van der Waals surface area contributed by atoms with Gasteiger partial charge in [0, 0.05) is 0 Å². The van der Waals surface area contributed by atoms with Gasteiger partial charge in [0.2, 0.25) is 11.6 Å². The zero-order valence-electron chi connectivity index (χ0n) is 7.21. The topological polar surface area (TPSA) is 138 Å². The van der Waals surface area contributed by atoms with Crippen molar-refractivity contribution in [1.29, 1.82) is 0 Å². The van der Waals surface area contributed by atoms with Gasteiger partial charge in [-0.2, -0.15) is 10.4 Å². The number of nitrogens with zero attached hydrogens (tertiary/aromatic N) is 7. The van der Waals surface area contributed by atoms with Crippen molar-refractivity contribution in [3.8, 4) is 23.0 Å². The number of tetrazole rings is 2. The highest BCUT2D eigenvalue weighted by Gasteiger charge is 2.16. The Morgan fingerprint density at radius 3 is 2.33 bits per heavy atom. The number of nitrogens with one attached hydrogen (secondary N) is 3. The SMILES string of the molecule is c1nc(-c2nn[nH]n2)c(-c2nn[nH]n2)[nH]1. The molecule has 0 atom stereocenters. The van der Waals surface area contributed by atoms with Crippen LogP contribution in [0.25, 0.3) is 23.0 Å². The molecule has 0 bridgehead atoms. The number of hydrogen-bond donors (Lipinski definition) is 3. The average Bonchev–Trinajstić information content (AvgIpc) is 3.01. The Labute approximate surface area is 81.5 Å². The van der Waals surface area contributed by atoms with Crippen LogP contribution in [-0.4, -0.2) is 51.2 Å². The first-order valence-corrected chi connectivity index (χ1v) is 3.96. The van der Waals surface area contributed by atoms with Crippen LogP contribution in [0.4, 0.5) is 0 Å². The molecule has 0 aliphatic rings. The number of hydrogen-bond acceptors (Lipinski definition) is 7. The molecule has 3 N–H and O–H groups in total. The smallest absolute Gasteiger partial charge is 0.225 e. The van der Waals surface area contributed by atoms with Gasteiger partial charge in [-0.15, -0.1) is 20.4 Å². The molecule has 3 heterocycles. The van der Waals surface area contributed by atoms with Crippen LogP contribution in [-0.2, 0) is 0 Å². The molecule has 3 rings (SSSR count). The normalized spacial score (nSPS) is 10.7. The van der Waals surface area contributed by atoms with Crippen LogP contribution in [0.5, 0.6) is 0 Å². The van der Waals surface area contributed by atoms with Gasteiger partial charge in [0.05, 0.1) is 6.33 Å². The molecule has 0 unspecified atom stereocenters. The van der Waals surface area contributed by atoms with E-state index in [1.807, 2.05) is 0 Å². The second kappa shape index (κ2) is 2.94. The van der Waals surface area contributed by atoms with E-state index in [9.17, 15) is 0 Å². The molecule has 74 valence electrons. The molecule has 10 heteroatoms. The molecule has 0 radical (unpaired) electrons. The highest BCUT2D eigenvalue weighted by atomic mass is 15.5. The Kier molecular flexibility index (Phi) is 1.51. The van der Waals surface area contributed by atoms with Crippen LogP contribution in [0, 0.1) is 0 Å². The van der Waals surface area contributed by atoms with E-state index in [0.29, 0.717) is 23.0 Å². The standard InChI is InChI=1S/C5H4N10/c1-6-2(4-8-12-13-9-4)3(7-1)5-10-14-15-11-5/h1H,(H,6,7)(H,8,9,12,13)(H,10,11,14,15). The summed E-state index contributed by atoms with van der Waals surface area (Å²) in [5.74, 6) is 0.767. The van der Waals surface area contributed by atoms with E-state index in [4.69, 9.17) is 0 Å². The monoisotopic (exact) mass is 204 g/mol. The van der Waals surface area contributed by atoms with Gasteiger partial charge in [0.15, 0.2) is 0 Å². The third kappa shape index (κ3) is 1.15. The summed E-state index contributed by atoms with van der Waals surface area (Å²) in [5.41, 5.74) is 1.11. The van der Waals surface area contributed by atoms with Gasteiger partial charge in [-0.3, -0.25) is 0 Å². The Balaban J connectivity index is 2.15. The summed E-state index contributed by atoms with van der Waals surface area (Å²) >= 11 is 0. The molecule has 0 saturated heterocycles. The minimum atomic E-state index is 0.371. The molecule has 3 aromatic rings. The van der Waals surface area contributed by atoms with Crippen molar-refractivity contribution >= 4 is 0 Å². The highest BCUT2D eigenvalue weighted by Crippen LogP contribution is 2.21. The van der Waals surface area contributed by atoms with Crippen molar-refractivity contribution in [2.45, 2.75) is 0 Å². The predicted molar refractivity (Wildman–Crippen MR) is 44.9 cm³/mol. The first-order chi connectivity index (χ1) is 7.45. The van der Waals surface area contributed by atoms with E-state index in [2.05, 4.69) is 51.2 Å². The van der Waals surface area contributed by atoms with Gasteiger partial charge < -0.3 is 4.98 Å². The molecule has 0 aliphatic carbocycles. The molecular weight excluding hydrogens is 200 g/mol. The largest absolute Gasteiger partial charge is 0.341 e. The van der Waals surface area contributed by atoms with Crippen LogP contribution < -0.4 is 0 Å². The van der Waals surface area contributed by atoms with Crippen LogP contribution in [0.3, 0.4) is 0 Å². The molecule has 15 heavy (non-hydrogen) atoms. The fourth-order valence-corrected chi connectivity index (χ4v) is 1.16. The molecule has 0 aromatic carbocycles. The summed E-state index contributed by atoms with van der Waals surface area (Å²) in [6, 6.07) is 0. The van der Waals surface area contributed by atoms with E-state index < -0.39 is 0 Å². The second-order valence-electron chi connectivity index (χ2n) is 2.60. The fourth-order valence-electron chi connectivity index (χ4n) is 1.16. The highest BCUT2D eigenvalue weighted by molar-refractivity contribution is 5.69. The van der Waals surface area contributed by atoms with Gasteiger partial charge in [0.25, 0.3) is 0 Å². The van der Waals surface area contributed by atoms with Crippen molar-refractivity contribution in [1.82, 2.24) is 51.2 Å². The zero-order valence-corrected chi connectivity index (χ0v) is 7.21. The quantitative estimate of drug-likeness (QED) is 0.475. The second-order valence-corrected chi connectivity index (χ2v) is 2.60. The number of imidazole rings is 1. The van der Waals surface area contributed by atoms with E-state index in [-0.39, 0.29) is 0 Å². The van der Waals surface area contributed by atoms with Crippen LogP contribution in [0.2, 0.25) is 0 Å². The maximum absolute atomic E-state index is 4.05. The lowest BCUT2D eigenvalue weighted by Gasteiger charge is -1.90. The molecular formula is C5H4N10. The van der Waals surface area contributed by atoms with Crippen molar-refractivity contribution < 1.29 is 0 Å². The van der Waals surface area contributed by atoms with Gasteiger partial charge >= 0.3 is 0 Å². The summed E-state index contributed by atoms with van der Waals surface area (Å²) < 4.78 is 0. The number of H-pyrrole nitrogens is 3. The van der Waals surface area contributed by atoms with Crippen molar-refractivity contribution in [2.24, 2.45) is 0 Å². The molecule has 0 saturated carbocycles. The maximum Gasteiger partial charge on any atom is 0.225 e. The number of aromatic nitrogens is 10. The fraction of sp³-hybridized carbons (Fsp3) is 0. The Morgan fingerprint density at radius 2 is 1.67 bits per heavy atom. The summed E-state index contributed by atoms with van der Waals surface area (Å²) in [4.78, 5) is 6.93. The van der Waals surface area contributed by atoms with Gasteiger partial charge in [-0.1, -0.05) is 0 Å². The molecule has 0 aliphatic heterocycles. The lowest BCUT2D eigenvalue weighted by molar-refractivity contribution is 0.881. The van der Waals surface area contributed by atoms with E-state index in [1.165, 1.54) is 6.33 Å². The maximum atomic E-state index is 4.05. The lowest BCUT2D eigenvalue weighted by atomic mass is 10.3. The first-order valence-electron chi connectivity index (χ1n) is 3.96. The average molecular weight is 204 g/mol. The molecule has 3 aromatic heterocycles. The van der Waals surface area contributed by atoms with E-state index in [0.717, 1.165) is 0 Å². The Hall–Kier alpha value is -2.65. The van der Waals surface area contributed by atoms with E-state index in [1.54, 1.807) is 0 Å². The summed E-state index contributed by atoms with van der Waals surface area (Å²) in [6.07, 6.45) is 1.50. The molecule has 0 fully saturated rings. The molecule has 10 nitrogen and oxygen atoms in total. The van der Waals surface area contributed by atoms with Crippen molar-refractivity contribution in [3.63, 3.8) is 0 Å². The lowest BCUT2D eigenvalue weighted by Crippen LogP contribution is -1.88. The van der Waals surface area contributed by atoms with Crippen molar-refractivity contribution in [2.75, 3.05) is 0 Å². The first kappa shape index (κ1) is 7.73. The summed E-state index contributed by atoms with van der Waals surface area (Å²) in [7, 11) is 0. The summed E-state index contributed by atoms with van der Waals surface area (Å²) in [6.45, 7) is 0. The number of aromatic amines is 3. The third-order valence-electron chi connectivity index (χ3n) is 1.77. The van der Waals surface area contributed by atoms with Crippen LogP contribution in [0.1, 0.15) is 0 Å². The molecule has 0 amide bonds. The van der Waals surface area contributed by atoms with Crippen molar-refractivity contribution in [3.05, 3.63) is 6.33 Å². The van der Waals surface area contributed by atoms with Crippen LogP contribution in [0.15, 0.2) is 6.33 Å². The zero-order chi connectivity index (χ0) is 10.1. The third-order valence-corrected chi connectivity index (χ3v) is 1.77. The summed E-state index contributed by atoms with van der Waals surface area (Å²) in [5, 5.41) is 26.9. The predicted octanol–water partition coefficient (Wildman–Crippen LogP) is -1.23. The minimum Gasteiger partial charge on any atom is -0.341 e. The van der Waals surface area contributed by atoms with E-state index >= 15 is 0 Å². The molecule has 0 spiro atoms. The van der Waals surface area contributed by atoms with Crippen LogP contribution >= 0.6 is 0 Å². The minimum absolute atomic E-state index is 0.371.